The van der Waals surface area contributed by atoms with E-state index >= 15 is 0 Å². The first-order chi connectivity index (χ1) is 16.3. The second kappa shape index (κ2) is 6.91. The van der Waals surface area contributed by atoms with Gasteiger partial charge in [-0.3, -0.25) is 0 Å². The number of fused-ring (bicyclic) bond motifs is 2. The molecule has 4 bridgehead atoms. The number of nitrogens with zero attached hydrogens (tertiary/aromatic N) is 3. The number of hydrogen-bond acceptors (Lipinski definition) is 2. The molecule has 1 aromatic rings. The number of rotatable bonds is 1. The Morgan fingerprint density at radius 2 is 1.65 bits per heavy atom. The van der Waals surface area contributed by atoms with E-state index in [9.17, 15) is 9.59 Å². The minimum absolute atomic E-state index is 0.00406. The topological polar surface area (TPSA) is 48.9 Å². The van der Waals surface area contributed by atoms with Crippen LogP contribution in [0, 0.1) is 28.6 Å². The van der Waals surface area contributed by atoms with Gasteiger partial charge in [-0.1, -0.05) is 83.1 Å². The van der Waals surface area contributed by atoms with Crippen LogP contribution in [-0.4, -0.2) is 13.9 Å². The summed E-state index contributed by atoms with van der Waals surface area (Å²) >= 11 is 0. The third-order valence-electron chi connectivity index (χ3n) is 12.0. The Kier molecular flexibility index (Phi) is 4.37. The largest absolute Gasteiger partial charge is 0.348 e. The Labute approximate surface area is 202 Å². The maximum absolute atomic E-state index is 14.3. The summed E-state index contributed by atoms with van der Waals surface area (Å²) in [5.74, 6) is 1.39. The van der Waals surface area contributed by atoms with Gasteiger partial charge >= 0.3 is 11.4 Å². The lowest BCUT2D eigenvalue weighted by Crippen LogP contribution is -2.62. The maximum atomic E-state index is 14.3. The molecule has 3 fully saturated rings. The maximum Gasteiger partial charge on any atom is 0.348 e. The Hall–Kier alpha value is -1.78. The van der Waals surface area contributed by atoms with Crippen molar-refractivity contribution in [3.8, 4) is 0 Å². The molecule has 5 aliphatic carbocycles. The zero-order valence-corrected chi connectivity index (χ0v) is 21.3. The number of aromatic nitrogens is 3. The van der Waals surface area contributed by atoms with Crippen LogP contribution in [0.15, 0.2) is 33.4 Å². The summed E-state index contributed by atoms with van der Waals surface area (Å²) in [7, 11) is 0. The third kappa shape index (κ3) is 2.38. The zero-order chi connectivity index (χ0) is 23.5. The van der Waals surface area contributed by atoms with Gasteiger partial charge in [-0.15, -0.1) is 0 Å². The van der Waals surface area contributed by atoms with E-state index in [4.69, 9.17) is 0 Å². The smallest absolute Gasteiger partial charge is 0.246 e. The van der Waals surface area contributed by atoms with E-state index in [1.54, 1.807) is 10.1 Å². The summed E-state index contributed by atoms with van der Waals surface area (Å²) in [5, 5.41) is 0. The summed E-state index contributed by atoms with van der Waals surface area (Å²) in [6.45, 7) is 7.09. The van der Waals surface area contributed by atoms with Gasteiger partial charge in [-0.05, 0) is 55.3 Å². The average Bonchev–Trinajstić information content (AvgIpc) is 3.25. The van der Waals surface area contributed by atoms with E-state index < -0.39 is 0 Å². The first kappa shape index (κ1) is 21.5. The molecule has 2 aliphatic heterocycles. The molecule has 3 heterocycles. The highest BCUT2D eigenvalue weighted by atomic mass is 16.2. The Morgan fingerprint density at radius 1 is 0.912 bits per heavy atom. The highest BCUT2D eigenvalue weighted by molar-refractivity contribution is 5.38. The van der Waals surface area contributed by atoms with Gasteiger partial charge in [-0.25, -0.2) is 23.5 Å². The molecule has 8 rings (SSSR count). The van der Waals surface area contributed by atoms with Crippen LogP contribution in [0.3, 0.4) is 0 Å². The molecular weight excluding hydrogens is 422 g/mol. The summed E-state index contributed by atoms with van der Waals surface area (Å²) < 4.78 is 5.64. The van der Waals surface area contributed by atoms with Gasteiger partial charge in [0.25, 0.3) is 0 Å². The molecule has 7 atom stereocenters. The fourth-order valence-electron chi connectivity index (χ4n) is 9.60. The quantitative estimate of drug-likeness (QED) is 0.501. The van der Waals surface area contributed by atoms with E-state index in [1.165, 1.54) is 51.4 Å². The van der Waals surface area contributed by atoms with Crippen molar-refractivity contribution in [1.82, 2.24) is 13.9 Å². The van der Waals surface area contributed by atoms with Crippen LogP contribution in [0.4, 0.5) is 0 Å². The molecule has 7 unspecified atom stereocenters. The second-order valence-corrected chi connectivity index (χ2v) is 13.3. The van der Waals surface area contributed by atoms with Gasteiger partial charge in [-0.2, -0.15) is 0 Å². The van der Waals surface area contributed by atoms with Crippen LogP contribution in [-0.2, 0) is 5.54 Å². The van der Waals surface area contributed by atoms with Crippen molar-refractivity contribution in [3.63, 3.8) is 0 Å². The van der Waals surface area contributed by atoms with Crippen LogP contribution in [0.5, 0.6) is 0 Å². The lowest BCUT2D eigenvalue weighted by atomic mass is 9.55. The van der Waals surface area contributed by atoms with Crippen molar-refractivity contribution in [3.05, 3.63) is 44.8 Å². The molecule has 0 amide bonds. The fourth-order valence-corrected chi connectivity index (χ4v) is 9.60. The van der Waals surface area contributed by atoms with Crippen molar-refractivity contribution < 1.29 is 0 Å². The van der Waals surface area contributed by atoms with Crippen LogP contribution >= 0.6 is 0 Å². The van der Waals surface area contributed by atoms with E-state index in [0.717, 1.165) is 25.7 Å². The number of allylic oxidation sites excluding steroid dienone is 4. The van der Waals surface area contributed by atoms with Gasteiger partial charge < -0.3 is 0 Å². The van der Waals surface area contributed by atoms with Gasteiger partial charge in [0.05, 0.1) is 11.6 Å². The molecule has 0 aromatic carbocycles. The Bertz CT molecular complexity index is 1210. The van der Waals surface area contributed by atoms with Crippen LogP contribution in [0.2, 0.25) is 0 Å². The molecule has 0 radical (unpaired) electrons. The molecule has 3 saturated carbocycles. The normalized spacial score (nSPS) is 44.0. The first-order valence-corrected chi connectivity index (χ1v) is 14.2. The minimum atomic E-state index is -0.349. The molecule has 1 aromatic heterocycles. The molecule has 34 heavy (non-hydrogen) atoms. The molecule has 184 valence electrons. The molecular formula is C29H41N3O2. The van der Waals surface area contributed by atoms with Crippen LogP contribution in [0.1, 0.15) is 110 Å². The van der Waals surface area contributed by atoms with Crippen LogP contribution in [0.25, 0.3) is 0 Å². The molecule has 0 saturated heterocycles. The number of hydrogen-bond donors (Lipinski definition) is 0. The lowest BCUT2D eigenvalue weighted by molar-refractivity contribution is 0.0313. The highest BCUT2D eigenvalue weighted by Gasteiger charge is 2.64. The lowest BCUT2D eigenvalue weighted by Gasteiger charge is -2.58. The van der Waals surface area contributed by atoms with E-state index in [-0.39, 0.29) is 39.8 Å². The van der Waals surface area contributed by atoms with Crippen molar-refractivity contribution >= 4 is 0 Å². The summed E-state index contributed by atoms with van der Waals surface area (Å²) in [5.41, 5.74) is 1.33. The van der Waals surface area contributed by atoms with Crippen LogP contribution < -0.4 is 11.4 Å². The minimum Gasteiger partial charge on any atom is -0.246 e. The molecule has 0 N–H and O–H groups in total. The molecule has 5 heteroatoms. The second-order valence-electron chi connectivity index (χ2n) is 13.3. The highest BCUT2D eigenvalue weighted by Crippen LogP contribution is 2.69. The standard InChI is InChI=1S/C29H41N3O2/c1-27(2)20-12-15-28(27,3)23(18-20)30-25(33)31-22-13-16-29(32(31)26(30)34)14-10-8-6-4-5-7-9-11-19-17-21(22)24(19)29/h13,16-17,20-24H,4-12,14-15,18H2,1-3H3. The SMILES string of the molecule is CC1(C)C2CCC1(C)C(n1c(=O)n3n(c1=O)C14C=CC3C3C=C(CCCCCCCCC1)C34)C2. The van der Waals surface area contributed by atoms with E-state index in [1.807, 2.05) is 9.36 Å². The fraction of sp³-hybridized carbons (Fsp3) is 0.793. The summed E-state index contributed by atoms with van der Waals surface area (Å²) in [4.78, 5) is 28.4. The monoisotopic (exact) mass is 463 g/mol. The molecule has 1 spiro atoms. The first-order valence-electron chi connectivity index (χ1n) is 14.2. The predicted octanol–water partition coefficient (Wildman–Crippen LogP) is 5.72. The molecule has 5 nitrogen and oxygen atoms in total. The van der Waals surface area contributed by atoms with E-state index in [2.05, 4.69) is 39.0 Å². The van der Waals surface area contributed by atoms with Gasteiger partial charge in [0.2, 0.25) is 0 Å². The Morgan fingerprint density at radius 3 is 2.35 bits per heavy atom. The van der Waals surface area contributed by atoms with Crippen molar-refractivity contribution in [2.24, 2.45) is 28.6 Å². The molecule has 7 aliphatic rings. The Balaban J connectivity index is 1.38. The predicted molar refractivity (Wildman–Crippen MR) is 134 cm³/mol. The summed E-state index contributed by atoms with van der Waals surface area (Å²) in [6, 6.07) is 0.0309. The van der Waals surface area contributed by atoms with Gasteiger partial charge in [0.15, 0.2) is 0 Å². The van der Waals surface area contributed by atoms with Crippen molar-refractivity contribution in [2.45, 2.75) is 115 Å². The van der Waals surface area contributed by atoms with Gasteiger partial charge in [0, 0.05) is 17.9 Å². The van der Waals surface area contributed by atoms with Crippen molar-refractivity contribution in [2.75, 3.05) is 0 Å². The van der Waals surface area contributed by atoms with Gasteiger partial charge in [0.1, 0.15) is 0 Å². The third-order valence-corrected chi connectivity index (χ3v) is 12.0. The van der Waals surface area contributed by atoms with E-state index in [0.29, 0.717) is 17.8 Å². The zero-order valence-electron chi connectivity index (χ0n) is 21.3. The van der Waals surface area contributed by atoms with Crippen molar-refractivity contribution in [1.29, 1.82) is 0 Å². The average molecular weight is 464 g/mol. The summed E-state index contributed by atoms with van der Waals surface area (Å²) in [6.07, 6.45) is 21.5.